The molecular weight excluding hydrogens is 1460 g/mol. The third-order valence-corrected chi connectivity index (χ3v) is 19.9. The maximum atomic E-state index is 13.6. The number of rotatable bonds is 26. The lowest BCUT2D eigenvalue weighted by Gasteiger charge is -2.32. The molecule has 0 bridgehead atoms. The van der Waals surface area contributed by atoms with E-state index in [-0.39, 0.29) is 70.5 Å². The Bertz CT molecular complexity index is 4760. The van der Waals surface area contributed by atoms with Gasteiger partial charge in [0.05, 0.1) is 71.0 Å². The Hall–Kier alpha value is -13.6. The van der Waals surface area contributed by atoms with Gasteiger partial charge in [0.2, 0.25) is 11.8 Å². The highest BCUT2D eigenvalue weighted by molar-refractivity contribution is 6.00. The quantitative estimate of drug-likeness (QED) is 0.0314. The molecule has 2 fully saturated rings. The molecule has 7 atom stereocenters. The smallest absolute Gasteiger partial charge is 0.414 e. The van der Waals surface area contributed by atoms with E-state index in [1.165, 1.54) is 14.7 Å². The highest BCUT2D eigenvalue weighted by atomic mass is 16.6. The van der Waals surface area contributed by atoms with Crippen LogP contribution in [-0.4, -0.2) is 122 Å². The van der Waals surface area contributed by atoms with E-state index in [1.54, 1.807) is 94.1 Å². The number of aryl methyl sites for hydroxylation is 2. The summed E-state index contributed by atoms with van der Waals surface area (Å²) in [5.41, 5.74) is 12.7. The van der Waals surface area contributed by atoms with E-state index in [4.69, 9.17) is 39.4 Å². The second-order valence-corrected chi connectivity index (χ2v) is 27.4. The Labute approximate surface area is 669 Å². The van der Waals surface area contributed by atoms with E-state index in [1.807, 2.05) is 181 Å². The molecule has 10 aromatic rings. The van der Waals surface area contributed by atoms with Gasteiger partial charge in [-0.15, -0.1) is 0 Å². The first-order valence-electron chi connectivity index (χ1n) is 37.5. The van der Waals surface area contributed by atoms with Crippen molar-refractivity contribution in [2.24, 2.45) is 31.7 Å². The number of ether oxygens (including phenoxy) is 6. The molecule has 6 N–H and O–H groups in total. The zero-order valence-corrected chi connectivity index (χ0v) is 64.3. The lowest BCUT2D eigenvalue weighted by atomic mass is 9.83. The first-order valence-corrected chi connectivity index (χ1v) is 37.5. The third-order valence-electron chi connectivity index (χ3n) is 19.9. The molecule has 26 nitrogen and oxygen atoms in total. The van der Waals surface area contributed by atoms with Crippen molar-refractivity contribution >= 4 is 80.8 Å². The number of nitrogens with zero attached hydrogens (tertiary/aromatic N) is 8. The molecular formula is C89H97N13O13. The van der Waals surface area contributed by atoms with Crippen molar-refractivity contribution in [2.45, 2.75) is 109 Å². The van der Waals surface area contributed by atoms with Crippen molar-refractivity contribution in [3.05, 3.63) is 253 Å². The van der Waals surface area contributed by atoms with Gasteiger partial charge in [-0.25, -0.2) is 14.4 Å². The zero-order chi connectivity index (χ0) is 80.9. The van der Waals surface area contributed by atoms with Gasteiger partial charge in [-0.05, 0) is 139 Å². The third kappa shape index (κ3) is 23.5. The molecule has 0 aliphatic heterocycles. The van der Waals surface area contributed by atoms with E-state index in [0.717, 1.165) is 64.2 Å². The minimum atomic E-state index is -1.03. The van der Waals surface area contributed by atoms with Crippen LogP contribution in [0, 0.1) is 45.8 Å². The summed E-state index contributed by atoms with van der Waals surface area (Å²) in [5, 5.41) is 42.8. The Balaban J connectivity index is 0.000000206. The van der Waals surface area contributed by atoms with Crippen LogP contribution >= 0.6 is 0 Å². The summed E-state index contributed by atoms with van der Waals surface area (Å²) in [7, 11) is 8.35. The molecule has 8 aromatic carbocycles. The van der Waals surface area contributed by atoms with Gasteiger partial charge < -0.3 is 64.6 Å². The summed E-state index contributed by atoms with van der Waals surface area (Å²) >= 11 is 0. The number of hydrogen-bond donors (Lipinski definition) is 5. The van der Waals surface area contributed by atoms with Crippen molar-refractivity contribution in [3.8, 4) is 35.5 Å². The molecule has 596 valence electrons. The van der Waals surface area contributed by atoms with Crippen molar-refractivity contribution in [3.63, 3.8) is 0 Å². The van der Waals surface area contributed by atoms with Crippen LogP contribution in [0.25, 0.3) is 21.8 Å². The van der Waals surface area contributed by atoms with E-state index < -0.39 is 60.3 Å². The summed E-state index contributed by atoms with van der Waals surface area (Å²) in [4.78, 5) is 97.0. The van der Waals surface area contributed by atoms with Gasteiger partial charge in [-0.2, -0.15) is 15.8 Å². The first kappa shape index (κ1) is 85.4. The van der Waals surface area contributed by atoms with Gasteiger partial charge in [-0.1, -0.05) is 161 Å². The summed E-state index contributed by atoms with van der Waals surface area (Å²) in [6, 6.07) is 70.2. The normalized spacial score (nSPS) is 15.4. The maximum absolute atomic E-state index is 13.6. The average Bonchev–Trinajstić information content (AvgIpc) is 1.66. The topological polar surface area (TPSA) is 340 Å². The van der Waals surface area contributed by atoms with Crippen LogP contribution in [0.3, 0.4) is 0 Å². The largest absolute Gasteiger partial charge is 0.497 e. The van der Waals surface area contributed by atoms with Gasteiger partial charge >= 0.3 is 18.3 Å². The van der Waals surface area contributed by atoms with Crippen LogP contribution in [0.5, 0.6) is 17.2 Å². The Kier molecular flexibility index (Phi) is 31.7. The lowest BCUT2D eigenvalue weighted by Crippen LogP contribution is -2.52. The molecule has 12 rings (SSSR count). The van der Waals surface area contributed by atoms with Crippen LogP contribution in [0.2, 0.25) is 0 Å². The number of fused-ring (bicyclic) bond motifs is 2. The molecule has 7 amide bonds. The van der Waals surface area contributed by atoms with E-state index >= 15 is 0 Å². The molecule has 0 radical (unpaired) electrons. The molecule has 2 aliphatic carbocycles. The number of amides is 7. The molecule has 2 saturated carbocycles. The van der Waals surface area contributed by atoms with Gasteiger partial charge in [-0.3, -0.25) is 33.9 Å². The highest BCUT2D eigenvalue weighted by Crippen LogP contribution is 2.31. The number of aromatic nitrogens is 2. The van der Waals surface area contributed by atoms with Crippen LogP contribution in [0.4, 0.5) is 31.4 Å². The molecule has 2 aromatic heterocycles. The SMILES string of the molecule is C.COc1ccc(N(CC(N)C#N)C(=O)OCc2ccccc2)cc1.COc1ccc(N(C[C@@H](C#N)NC(=O)[C@@H]2CCCC[C@@H]2NC(=O)c2cc3ccccc3n2C)C(=O)OCc2ccccc2)cc1.COc1ccc(N(C[C@H](C#N)NC(=O)[C@@H]2CCCC[C@@H]2NC(=O)c2cc3ccccc3n2C)C(=O)OCc2ccccc2)cc1. The minimum absolute atomic E-state index is 0. The van der Waals surface area contributed by atoms with E-state index in [9.17, 15) is 44.1 Å². The van der Waals surface area contributed by atoms with Crippen LogP contribution < -0.4 is 55.9 Å². The number of methoxy groups -OCH3 is 3. The standard InChI is InChI=1S/2C35H37N5O5.C18H19N3O3.CH4/c2*1-39-31-15-9-6-12-25(31)20-32(39)34(42)38-30-14-8-7-13-29(30)33(41)37-26(21-36)22-40(27-16-18-28(44-2)19-17-27)35(43)45-23-24-10-4-3-5-11-24;1-23-17-9-7-16(8-10-17)21(12-15(20)11-19)18(22)24-13-14-5-3-2-4-6-14;/h2*3-6,9-12,15-20,26,29-30H,7-8,13-14,22-23H2,1-2H3,(H,37,41)(H,38,42);2-10,15H,12-13,20H2,1H3;1H4/t26-,29+,30-;26-,29-,30+;;/m01../s1. The van der Waals surface area contributed by atoms with Crippen LogP contribution in [0.15, 0.2) is 224 Å². The Morgan fingerprint density at radius 3 is 1.03 bits per heavy atom. The molecule has 0 spiro atoms. The Morgan fingerprint density at radius 2 is 0.730 bits per heavy atom. The maximum Gasteiger partial charge on any atom is 0.414 e. The van der Waals surface area contributed by atoms with Crippen LogP contribution in [0.1, 0.15) is 96.5 Å². The fourth-order valence-corrected chi connectivity index (χ4v) is 13.7. The summed E-state index contributed by atoms with van der Waals surface area (Å²) in [5.74, 6) is -0.331. The summed E-state index contributed by atoms with van der Waals surface area (Å²) < 4.78 is 35.8. The van der Waals surface area contributed by atoms with Crippen LogP contribution in [-0.2, 0) is 57.7 Å². The number of anilines is 3. The fraction of sp³-hybridized carbons (Fsp3) is 0.303. The summed E-state index contributed by atoms with van der Waals surface area (Å²) in [6.45, 7) is 0.0143. The predicted molar refractivity (Wildman–Crippen MR) is 439 cm³/mol. The van der Waals surface area contributed by atoms with Gasteiger partial charge in [0, 0.05) is 65.0 Å². The van der Waals surface area contributed by atoms with E-state index in [0.29, 0.717) is 71.4 Å². The number of hydrogen-bond acceptors (Lipinski definition) is 17. The van der Waals surface area contributed by atoms with Crippen molar-refractivity contribution in [2.75, 3.05) is 55.7 Å². The average molecular weight is 1560 g/mol. The number of nitrogens with two attached hydrogens (primary N) is 1. The second kappa shape index (κ2) is 42.7. The van der Waals surface area contributed by atoms with Gasteiger partial charge in [0.1, 0.15) is 66.6 Å². The second-order valence-electron chi connectivity index (χ2n) is 27.4. The monoisotopic (exact) mass is 1560 g/mol. The first-order chi connectivity index (χ1) is 55.4. The molecule has 0 saturated heterocycles. The van der Waals surface area contributed by atoms with Gasteiger partial charge in [0.25, 0.3) is 11.8 Å². The molecule has 1 unspecified atom stereocenters. The van der Waals surface area contributed by atoms with E-state index in [2.05, 4.69) is 33.4 Å². The van der Waals surface area contributed by atoms with Crippen molar-refractivity contribution < 1.29 is 62.0 Å². The predicted octanol–water partition coefficient (Wildman–Crippen LogP) is 14.0. The summed E-state index contributed by atoms with van der Waals surface area (Å²) in [6.07, 6.45) is 4.00. The number of carbonyl (C=O) groups is 7. The number of nitriles is 3. The number of carbonyl (C=O) groups excluding carboxylic acids is 7. The molecule has 2 aliphatic rings. The Morgan fingerprint density at radius 1 is 0.426 bits per heavy atom. The number of para-hydroxylation sites is 2. The van der Waals surface area contributed by atoms with Crippen molar-refractivity contribution in [1.82, 2.24) is 30.4 Å². The molecule has 115 heavy (non-hydrogen) atoms. The van der Waals surface area contributed by atoms with Gasteiger partial charge in [0.15, 0.2) is 0 Å². The fourth-order valence-electron chi connectivity index (χ4n) is 13.7. The highest BCUT2D eigenvalue weighted by Gasteiger charge is 2.37. The number of benzene rings is 8. The number of nitrogens with one attached hydrogen (secondary N) is 4. The molecule has 2 heterocycles. The zero-order valence-electron chi connectivity index (χ0n) is 64.3. The molecule has 26 heteroatoms. The van der Waals surface area contributed by atoms with Crippen molar-refractivity contribution in [1.29, 1.82) is 15.8 Å². The minimum Gasteiger partial charge on any atom is -0.497 e. The lowest BCUT2D eigenvalue weighted by molar-refractivity contribution is -0.127.